The van der Waals surface area contributed by atoms with E-state index in [1.165, 1.54) is 0 Å². The van der Waals surface area contributed by atoms with Gasteiger partial charge in [0.05, 0.1) is 15.0 Å². The summed E-state index contributed by atoms with van der Waals surface area (Å²) in [5.41, 5.74) is 6.17. The number of nitrogens with zero attached hydrogens (tertiary/aromatic N) is 1. The largest absolute Gasteiger partial charge is 0.393 e. The third-order valence-electron chi connectivity index (χ3n) is 3.92. The normalized spacial score (nSPS) is 17.9. The highest BCUT2D eigenvalue weighted by molar-refractivity contribution is 7.80. The van der Waals surface area contributed by atoms with Crippen LogP contribution in [0.3, 0.4) is 0 Å². The number of amides is 1. The van der Waals surface area contributed by atoms with Crippen LogP contribution in [0.2, 0.25) is 10.0 Å². The van der Waals surface area contributed by atoms with Crippen molar-refractivity contribution >= 4 is 46.3 Å². The van der Waals surface area contributed by atoms with Crippen molar-refractivity contribution in [1.29, 1.82) is 0 Å². The van der Waals surface area contributed by atoms with Crippen molar-refractivity contribution in [3.8, 4) is 0 Å². The van der Waals surface area contributed by atoms with Crippen LogP contribution < -0.4 is 5.73 Å². The van der Waals surface area contributed by atoms with Gasteiger partial charge in [-0.15, -0.1) is 0 Å². The summed E-state index contributed by atoms with van der Waals surface area (Å²) in [7, 11) is 0. The van der Waals surface area contributed by atoms with E-state index in [-0.39, 0.29) is 11.3 Å². The number of nitrogens with two attached hydrogens (primary N) is 1. The number of hydrogen-bond donors (Lipinski definition) is 1. The number of halogens is 2. The molecule has 1 aliphatic heterocycles. The molecule has 6 heteroatoms. The van der Waals surface area contributed by atoms with E-state index >= 15 is 0 Å². The van der Waals surface area contributed by atoms with Gasteiger partial charge in [-0.3, -0.25) is 4.79 Å². The van der Waals surface area contributed by atoms with Crippen LogP contribution in [0, 0.1) is 5.41 Å². The van der Waals surface area contributed by atoms with E-state index in [0.717, 1.165) is 12.8 Å². The van der Waals surface area contributed by atoms with Crippen molar-refractivity contribution in [3.05, 3.63) is 33.8 Å². The molecular weight excluding hydrogens is 315 g/mol. The van der Waals surface area contributed by atoms with Gasteiger partial charge in [-0.05, 0) is 31.0 Å². The number of benzene rings is 1. The molecule has 0 aromatic heterocycles. The number of piperidine rings is 1. The lowest BCUT2D eigenvalue weighted by molar-refractivity contribution is 0.0670. The maximum absolute atomic E-state index is 12.4. The summed E-state index contributed by atoms with van der Waals surface area (Å²) in [4.78, 5) is 14.7. The third kappa shape index (κ3) is 3.08. The Bertz CT molecular complexity index is 554. The molecule has 20 heavy (non-hydrogen) atoms. The molecule has 0 bridgehead atoms. The SMILES string of the molecule is CC1(C(N)=S)CCN(C(=O)c2ccc(Cl)c(Cl)c2)CC1. The second-order valence-electron chi connectivity index (χ2n) is 5.35. The van der Waals surface area contributed by atoms with Gasteiger partial charge in [0.15, 0.2) is 0 Å². The van der Waals surface area contributed by atoms with E-state index < -0.39 is 0 Å². The summed E-state index contributed by atoms with van der Waals surface area (Å²) in [5, 5.41) is 0.838. The second kappa shape index (κ2) is 5.88. The molecule has 0 atom stereocenters. The molecule has 1 aromatic carbocycles. The quantitative estimate of drug-likeness (QED) is 0.844. The van der Waals surface area contributed by atoms with Gasteiger partial charge in [0, 0.05) is 24.1 Å². The Labute approximate surface area is 134 Å². The van der Waals surface area contributed by atoms with Gasteiger partial charge >= 0.3 is 0 Å². The molecule has 0 spiro atoms. The Morgan fingerprint density at radius 1 is 1.30 bits per heavy atom. The number of thiocarbonyl (C=S) groups is 1. The van der Waals surface area contributed by atoms with Crippen LogP contribution >= 0.6 is 35.4 Å². The van der Waals surface area contributed by atoms with Crippen LogP contribution in [0.4, 0.5) is 0 Å². The molecule has 0 aliphatic carbocycles. The Morgan fingerprint density at radius 2 is 1.90 bits per heavy atom. The van der Waals surface area contributed by atoms with Crippen molar-refractivity contribution in [1.82, 2.24) is 4.90 Å². The van der Waals surface area contributed by atoms with Crippen molar-refractivity contribution in [2.45, 2.75) is 19.8 Å². The highest BCUT2D eigenvalue weighted by Crippen LogP contribution is 2.32. The molecule has 1 fully saturated rings. The van der Waals surface area contributed by atoms with Gasteiger partial charge < -0.3 is 10.6 Å². The molecule has 3 nitrogen and oxygen atoms in total. The van der Waals surface area contributed by atoms with E-state index in [1.54, 1.807) is 23.1 Å². The first-order valence-corrected chi connectivity index (χ1v) is 7.54. The lowest BCUT2D eigenvalue weighted by Gasteiger charge is -2.38. The summed E-state index contributed by atoms with van der Waals surface area (Å²) in [6, 6.07) is 4.94. The molecule has 0 radical (unpaired) electrons. The minimum absolute atomic E-state index is 0.0337. The van der Waals surface area contributed by atoms with Crippen molar-refractivity contribution in [2.75, 3.05) is 13.1 Å². The first-order valence-electron chi connectivity index (χ1n) is 6.38. The average molecular weight is 331 g/mol. The number of carbonyl (C=O) groups is 1. The van der Waals surface area contributed by atoms with E-state index in [2.05, 4.69) is 6.92 Å². The molecule has 2 rings (SSSR count). The predicted molar refractivity (Wildman–Crippen MR) is 86.5 cm³/mol. The maximum Gasteiger partial charge on any atom is 0.253 e. The summed E-state index contributed by atoms with van der Waals surface area (Å²) in [6.07, 6.45) is 1.57. The standard InChI is InChI=1S/C14H16Cl2N2OS/c1-14(13(17)20)4-6-18(7-5-14)12(19)9-2-3-10(15)11(16)8-9/h2-3,8H,4-7H2,1H3,(H2,17,20). The third-order valence-corrected chi connectivity index (χ3v) is 5.15. The molecule has 1 heterocycles. The Kier molecular flexibility index (Phi) is 4.57. The topological polar surface area (TPSA) is 46.3 Å². The summed E-state index contributed by atoms with van der Waals surface area (Å²) in [6.45, 7) is 3.34. The number of rotatable bonds is 2. The molecule has 1 saturated heterocycles. The first-order chi connectivity index (χ1) is 9.33. The number of hydrogen-bond acceptors (Lipinski definition) is 2. The van der Waals surface area contributed by atoms with Gasteiger partial charge in [0.1, 0.15) is 0 Å². The molecule has 2 N–H and O–H groups in total. The fourth-order valence-corrected chi connectivity index (χ4v) is 2.76. The van der Waals surface area contributed by atoms with Gasteiger partial charge in [0.25, 0.3) is 5.91 Å². The van der Waals surface area contributed by atoms with Gasteiger partial charge in [-0.2, -0.15) is 0 Å². The summed E-state index contributed by atoms with van der Waals surface area (Å²) >= 11 is 16.9. The number of carbonyl (C=O) groups excluding carboxylic acids is 1. The van der Waals surface area contributed by atoms with Crippen molar-refractivity contribution in [3.63, 3.8) is 0 Å². The van der Waals surface area contributed by atoms with Gasteiger partial charge in [-0.25, -0.2) is 0 Å². The fourth-order valence-electron chi connectivity index (χ4n) is 2.26. The van der Waals surface area contributed by atoms with Crippen molar-refractivity contribution < 1.29 is 4.79 Å². The molecule has 1 amide bonds. The van der Waals surface area contributed by atoms with E-state index in [4.69, 9.17) is 41.2 Å². The molecule has 0 unspecified atom stereocenters. The zero-order valence-corrected chi connectivity index (χ0v) is 13.5. The van der Waals surface area contributed by atoms with Crippen LogP contribution in [-0.4, -0.2) is 28.9 Å². The zero-order chi connectivity index (χ0) is 14.9. The Hall–Kier alpha value is -0.840. The average Bonchev–Trinajstić information content (AvgIpc) is 2.42. The highest BCUT2D eigenvalue weighted by atomic mass is 35.5. The van der Waals surface area contributed by atoms with Crippen LogP contribution in [-0.2, 0) is 0 Å². The molecule has 0 saturated carbocycles. The van der Waals surface area contributed by atoms with E-state index in [9.17, 15) is 4.79 Å². The van der Waals surface area contributed by atoms with Crippen molar-refractivity contribution in [2.24, 2.45) is 11.1 Å². The molecule has 1 aromatic rings. The van der Waals surface area contributed by atoms with Crippen LogP contribution in [0.25, 0.3) is 0 Å². The predicted octanol–water partition coefficient (Wildman–Crippen LogP) is 3.52. The summed E-state index contributed by atoms with van der Waals surface area (Å²) in [5.74, 6) is -0.0337. The summed E-state index contributed by atoms with van der Waals surface area (Å²) < 4.78 is 0. The van der Waals surface area contributed by atoms with Crippen LogP contribution in [0.15, 0.2) is 18.2 Å². The monoisotopic (exact) mass is 330 g/mol. The van der Waals surface area contributed by atoms with E-state index in [0.29, 0.717) is 33.7 Å². The Morgan fingerprint density at radius 3 is 2.40 bits per heavy atom. The van der Waals surface area contributed by atoms with Gasteiger partial charge in [0.2, 0.25) is 0 Å². The minimum Gasteiger partial charge on any atom is -0.393 e. The zero-order valence-electron chi connectivity index (χ0n) is 11.2. The lowest BCUT2D eigenvalue weighted by atomic mass is 9.80. The van der Waals surface area contributed by atoms with Crippen LogP contribution in [0.5, 0.6) is 0 Å². The second-order valence-corrected chi connectivity index (χ2v) is 6.60. The van der Waals surface area contributed by atoms with E-state index in [1.807, 2.05) is 0 Å². The van der Waals surface area contributed by atoms with Gasteiger partial charge in [-0.1, -0.05) is 42.3 Å². The first kappa shape index (κ1) is 15.5. The number of likely N-dealkylation sites (tertiary alicyclic amines) is 1. The molecular formula is C14H16Cl2N2OS. The molecule has 108 valence electrons. The van der Waals surface area contributed by atoms with Crippen LogP contribution in [0.1, 0.15) is 30.1 Å². The smallest absolute Gasteiger partial charge is 0.253 e. The Balaban J connectivity index is 2.08. The minimum atomic E-state index is -0.149. The fraction of sp³-hybridized carbons (Fsp3) is 0.429. The molecule has 1 aliphatic rings. The lowest BCUT2D eigenvalue weighted by Crippen LogP contribution is -2.46. The maximum atomic E-state index is 12.4. The highest BCUT2D eigenvalue weighted by Gasteiger charge is 2.34.